The molecule has 0 radical (unpaired) electrons. The third kappa shape index (κ3) is 6.85. The Bertz CT molecular complexity index is 1020. The maximum atomic E-state index is 12.7. The van der Waals surface area contributed by atoms with Crippen LogP contribution in [0.3, 0.4) is 0 Å². The van der Waals surface area contributed by atoms with Crippen LogP contribution in [0.25, 0.3) is 0 Å². The van der Waals surface area contributed by atoms with E-state index in [0.29, 0.717) is 12.4 Å². The van der Waals surface area contributed by atoms with Gasteiger partial charge in [-0.15, -0.1) is 5.10 Å². The van der Waals surface area contributed by atoms with Crippen LogP contribution in [-0.4, -0.2) is 29.9 Å². The minimum atomic E-state index is -0.398. The Morgan fingerprint density at radius 3 is 2.12 bits per heavy atom. The predicted octanol–water partition coefficient (Wildman–Crippen LogP) is 4.71. The van der Waals surface area contributed by atoms with Gasteiger partial charge in [-0.25, -0.2) is 0 Å². The molecule has 0 aromatic heterocycles. The van der Waals surface area contributed by atoms with Crippen LogP contribution < -0.4 is 10.2 Å². The second-order valence-corrected chi connectivity index (χ2v) is 8.61. The lowest BCUT2D eigenvalue weighted by Gasteiger charge is -2.17. The van der Waals surface area contributed by atoms with E-state index in [2.05, 4.69) is 53.6 Å². The van der Waals surface area contributed by atoms with E-state index in [0.717, 1.165) is 37.1 Å². The Morgan fingerprint density at radius 1 is 0.939 bits per heavy atom. The Morgan fingerprint density at radius 2 is 1.52 bits per heavy atom. The molecule has 1 fully saturated rings. The molecule has 1 atom stereocenters. The highest BCUT2D eigenvalue weighted by Gasteiger charge is 2.35. The summed E-state index contributed by atoms with van der Waals surface area (Å²) in [4.78, 5) is 26.8. The second kappa shape index (κ2) is 11.5. The SMILES string of the molecule is CCc1ccc(CC/C(C)=N/N=C(\C)NC(=O)C2CC(=O)N(c3ccc(CC)cc3)C2)cc1. The summed E-state index contributed by atoms with van der Waals surface area (Å²) in [6.07, 6.45) is 3.90. The number of benzene rings is 2. The van der Waals surface area contributed by atoms with Crippen LogP contribution >= 0.6 is 0 Å². The summed E-state index contributed by atoms with van der Waals surface area (Å²) < 4.78 is 0. The smallest absolute Gasteiger partial charge is 0.230 e. The van der Waals surface area contributed by atoms with E-state index in [9.17, 15) is 9.59 Å². The molecule has 0 saturated carbocycles. The van der Waals surface area contributed by atoms with E-state index in [1.54, 1.807) is 11.8 Å². The van der Waals surface area contributed by atoms with Gasteiger partial charge in [-0.05, 0) is 68.4 Å². The van der Waals surface area contributed by atoms with Crippen LogP contribution in [0.15, 0.2) is 58.7 Å². The first kappa shape index (κ1) is 24.4. The van der Waals surface area contributed by atoms with Crippen molar-refractivity contribution in [2.75, 3.05) is 11.4 Å². The maximum absolute atomic E-state index is 12.7. The number of carbonyl (C=O) groups excluding carboxylic acids is 2. The van der Waals surface area contributed by atoms with Crippen LogP contribution in [0.2, 0.25) is 0 Å². The maximum Gasteiger partial charge on any atom is 0.230 e. The first-order chi connectivity index (χ1) is 15.9. The lowest BCUT2D eigenvalue weighted by Crippen LogP contribution is -2.35. The molecule has 6 heteroatoms. The number of nitrogens with zero attached hydrogens (tertiary/aromatic N) is 3. The number of nitrogens with one attached hydrogen (secondary N) is 1. The van der Waals surface area contributed by atoms with Crippen molar-refractivity contribution in [3.05, 3.63) is 65.2 Å². The molecule has 1 saturated heterocycles. The Kier molecular flexibility index (Phi) is 8.52. The molecule has 2 aromatic carbocycles. The van der Waals surface area contributed by atoms with Gasteiger partial charge in [0.15, 0.2) is 0 Å². The minimum absolute atomic E-state index is 0.0326. The van der Waals surface area contributed by atoms with Crippen LogP contribution in [-0.2, 0) is 28.9 Å². The molecule has 1 N–H and O–H groups in total. The summed E-state index contributed by atoms with van der Waals surface area (Å²) in [7, 11) is 0. The third-order valence-electron chi connectivity index (χ3n) is 6.03. The average Bonchev–Trinajstić information content (AvgIpc) is 3.23. The van der Waals surface area contributed by atoms with Gasteiger partial charge in [0.25, 0.3) is 0 Å². The molecule has 0 aliphatic carbocycles. The van der Waals surface area contributed by atoms with Crippen molar-refractivity contribution >= 4 is 29.0 Å². The van der Waals surface area contributed by atoms with Gasteiger partial charge in [-0.3, -0.25) is 9.59 Å². The number of amidine groups is 1. The zero-order chi connectivity index (χ0) is 23.8. The molecular weight excluding hydrogens is 412 g/mol. The Balaban J connectivity index is 1.50. The van der Waals surface area contributed by atoms with Crippen molar-refractivity contribution in [3.63, 3.8) is 0 Å². The van der Waals surface area contributed by atoms with Gasteiger partial charge in [0.2, 0.25) is 11.8 Å². The molecule has 2 aromatic rings. The fraction of sp³-hybridized carbons (Fsp3) is 0.407. The number of rotatable bonds is 8. The van der Waals surface area contributed by atoms with E-state index in [4.69, 9.17) is 0 Å². The van der Waals surface area contributed by atoms with Crippen LogP contribution in [0.4, 0.5) is 5.69 Å². The van der Waals surface area contributed by atoms with Gasteiger partial charge >= 0.3 is 0 Å². The Labute approximate surface area is 196 Å². The number of carbonyl (C=O) groups is 2. The first-order valence-electron chi connectivity index (χ1n) is 11.7. The van der Waals surface area contributed by atoms with Crippen molar-refractivity contribution in [3.8, 4) is 0 Å². The molecule has 174 valence electrons. The van der Waals surface area contributed by atoms with Gasteiger partial charge in [-0.2, -0.15) is 5.10 Å². The van der Waals surface area contributed by atoms with Crippen LogP contribution in [0.1, 0.15) is 57.2 Å². The average molecular weight is 447 g/mol. The van der Waals surface area contributed by atoms with Crippen molar-refractivity contribution in [1.82, 2.24) is 5.32 Å². The summed E-state index contributed by atoms with van der Waals surface area (Å²) in [5.74, 6) is -0.189. The van der Waals surface area contributed by atoms with Gasteiger partial charge in [-0.1, -0.05) is 50.2 Å². The van der Waals surface area contributed by atoms with Crippen molar-refractivity contribution < 1.29 is 9.59 Å². The zero-order valence-corrected chi connectivity index (χ0v) is 20.1. The number of aryl methyl sites for hydroxylation is 3. The standard InChI is InChI=1S/C27H34N4O2/c1-5-21-9-11-23(12-10-21)8-7-19(3)29-30-20(4)28-27(33)24-17-26(32)31(18-24)25-15-13-22(6-2)14-16-25/h9-16,24H,5-8,17-18H2,1-4H3,(H,28,30,33)/b29-19+. The molecule has 0 bridgehead atoms. The highest BCUT2D eigenvalue weighted by atomic mass is 16.2. The lowest BCUT2D eigenvalue weighted by molar-refractivity contribution is -0.125. The van der Waals surface area contributed by atoms with Crippen molar-refractivity contribution in [2.45, 2.75) is 59.8 Å². The van der Waals surface area contributed by atoms with Gasteiger partial charge in [0.05, 0.1) is 5.92 Å². The van der Waals surface area contributed by atoms with Gasteiger partial charge < -0.3 is 10.2 Å². The fourth-order valence-electron chi connectivity index (χ4n) is 3.83. The predicted molar refractivity (Wildman–Crippen MR) is 135 cm³/mol. The molecule has 1 heterocycles. The fourth-order valence-corrected chi connectivity index (χ4v) is 3.83. The summed E-state index contributed by atoms with van der Waals surface area (Å²) >= 11 is 0. The monoisotopic (exact) mass is 446 g/mol. The summed E-state index contributed by atoms with van der Waals surface area (Å²) in [5, 5.41) is 11.2. The summed E-state index contributed by atoms with van der Waals surface area (Å²) in [6, 6.07) is 16.6. The molecule has 0 spiro atoms. The van der Waals surface area contributed by atoms with Crippen LogP contribution in [0, 0.1) is 5.92 Å². The van der Waals surface area contributed by atoms with Gasteiger partial charge in [0, 0.05) is 24.4 Å². The number of amides is 2. The number of hydrogen-bond donors (Lipinski definition) is 1. The van der Waals surface area contributed by atoms with Crippen molar-refractivity contribution in [2.24, 2.45) is 16.1 Å². The molecule has 33 heavy (non-hydrogen) atoms. The van der Waals surface area contributed by atoms with E-state index < -0.39 is 5.92 Å². The van der Waals surface area contributed by atoms with Crippen molar-refractivity contribution in [1.29, 1.82) is 0 Å². The minimum Gasteiger partial charge on any atom is -0.313 e. The second-order valence-electron chi connectivity index (χ2n) is 8.61. The topological polar surface area (TPSA) is 74.1 Å². The molecule has 1 aliphatic rings. The molecular formula is C27H34N4O2. The zero-order valence-electron chi connectivity index (χ0n) is 20.1. The van der Waals surface area contributed by atoms with Crippen LogP contribution in [0.5, 0.6) is 0 Å². The third-order valence-corrected chi connectivity index (χ3v) is 6.03. The molecule has 2 amide bonds. The number of hydrogen-bond acceptors (Lipinski definition) is 4. The van der Waals surface area contributed by atoms with Gasteiger partial charge in [0.1, 0.15) is 5.84 Å². The molecule has 1 unspecified atom stereocenters. The highest BCUT2D eigenvalue weighted by molar-refractivity contribution is 6.04. The Hall–Kier alpha value is -3.28. The largest absolute Gasteiger partial charge is 0.313 e. The molecule has 3 rings (SSSR count). The summed E-state index contributed by atoms with van der Waals surface area (Å²) in [6.45, 7) is 8.28. The first-order valence-corrected chi connectivity index (χ1v) is 11.7. The van der Waals surface area contributed by atoms with E-state index >= 15 is 0 Å². The van der Waals surface area contributed by atoms with E-state index in [1.165, 1.54) is 16.7 Å². The molecule has 6 nitrogen and oxygen atoms in total. The highest BCUT2D eigenvalue weighted by Crippen LogP contribution is 2.25. The number of anilines is 1. The quantitative estimate of drug-likeness (QED) is 0.362. The lowest BCUT2D eigenvalue weighted by atomic mass is 10.0. The van der Waals surface area contributed by atoms with E-state index in [-0.39, 0.29) is 18.2 Å². The van der Waals surface area contributed by atoms with E-state index in [1.807, 2.05) is 31.2 Å². The normalized spacial score (nSPS) is 16.9. The summed E-state index contributed by atoms with van der Waals surface area (Å²) in [5.41, 5.74) is 5.57. The molecule has 1 aliphatic heterocycles.